The van der Waals surface area contributed by atoms with Gasteiger partial charge in [-0.05, 0) is 48.8 Å². The number of rotatable bonds is 1. The third kappa shape index (κ3) is 5.46. The topological polar surface area (TPSA) is 37.3 Å². The summed E-state index contributed by atoms with van der Waals surface area (Å²) in [5, 5.41) is 6.89. The Morgan fingerprint density at radius 3 is 2.18 bits per heavy atom. The van der Waals surface area contributed by atoms with Gasteiger partial charge in [-0.2, -0.15) is 0 Å². The second-order valence-corrected chi connectivity index (χ2v) is 5.01. The van der Waals surface area contributed by atoms with E-state index in [1.807, 2.05) is 0 Å². The number of fused-ring (bicyclic) bond motifs is 1. The van der Waals surface area contributed by atoms with Crippen molar-refractivity contribution in [2.45, 2.75) is 32.1 Å². The first kappa shape index (κ1) is 17.5. The van der Waals surface area contributed by atoms with Gasteiger partial charge in [0.25, 0.3) is 6.47 Å². The van der Waals surface area contributed by atoms with Crippen LogP contribution in [0.15, 0.2) is 54.6 Å². The van der Waals surface area contributed by atoms with Crippen LogP contribution in [0.3, 0.4) is 0 Å². The molecule has 0 amide bonds. The van der Waals surface area contributed by atoms with Crippen LogP contribution < -0.4 is 0 Å². The molecule has 0 bridgehead atoms. The molecule has 2 heteroatoms. The Bertz CT molecular complexity index is 597. The van der Waals surface area contributed by atoms with Crippen molar-refractivity contribution in [3.63, 3.8) is 0 Å². The van der Waals surface area contributed by atoms with E-state index in [1.54, 1.807) is 18.1 Å². The number of hydrogen-bond acceptors (Lipinski definition) is 1. The SMILES string of the molecule is C#CC.O=CO.c1ccc(C2CCc3ccccc3C2)cc1. The monoisotopic (exact) mass is 294 g/mol. The van der Waals surface area contributed by atoms with E-state index >= 15 is 0 Å². The lowest BCUT2D eigenvalue weighted by atomic mass is 9.80. The average Bonchev–Trinajstić information content (AvgIpc) is 2.57. The molecule has 3 rings (SSSR count). The molecule has 0 fully saturated rings. The molecule has 1 aliphatic carbocycles. The molecule has 1 atom stereocenters. The van der Waals surface area contributed by atoms with Crippen LogP contribution in [0.5, 0.6) is 0 Å². The molecule has 2 aromatic carbocycles. The minimum absolute atomic E-state index is 0.250. The van der Waals surface area contributed by atoms with Gasteiger partial charge in [0.1, 0.15) is 0 Å². The van der Waals surface area contributed by atoms with Gasteiger partial charge >= 0.3 is 0 Å². The molecule has 0 spiro atoms. The summed E-state index contributed by atoms with van der Waals surface area (Å²) in [6.45, 7) is 1.40. The number of benzene rings is 2. The number of hydrogen-bond donors (Lipinski definition) is 1. The summed E-state index contributed by atoms with van der Waals surface area (Å²) in [4.78, 5) is 8.36. The fourth-order valence-corrected chi connectivity index (χ4v) is 2.71. The summed E-state index contributed by atoms with van der Waals surface area (Å²) in [5.74, 6) is 2.97. The Morgan fingerprint density at radius 1 is 1.09 bits per heavy atom. The maximum absolute atomic E-state index is 8.36. The summed E-state index contributed by atoms with van der Waals surface area (Å²) in [6, 6.07) is 19.8. The maximum Gasteiger partial charge on any atom is 0.290 e. The van der Waals surface area contributed by atoms with Crippen LogP contribution in [0.25, 0.3) is 0 Å². The normalized spacial score (nSPS) is 14.8. The van der Waals surface area contributed by atoms with Crippen LogP contribution >= 0.6 is 0 Å². The third-order valence-electron chi connectivity index (χ3n) is 3.62. The van der Waals surface area contributed by atoms with Crippen molar-refractivity contribution in [2.75, 3.05) is 0 Å². The van der Waals surface area contributed by atoms with Crippen molar-refractivity contribution in [3.8, 4) is 12.3 Å². The fraction of sp³-hybridized carbons (Fsp3) is 0.250. The molecular formula is C20H22O2. The molecule has 1 unspecified atom stereocenters. The number of carbonyl (C=O) groups is 1. The van der Waals surface area contributed by atoms with Gasteiger partial charge in [-0.3, -0.25) is 4.79 Å². The second-order valence-electron chi connectivity index (χ2n) is 5.01. The van der Waals surface area contributed by atoms with E-state index in [0.717, 1.165) is 5.92 Å². The van der Waals surface area contributed by atoms with Crippen LogP contribution in [0.4, 0.5) is 0 Å². The van der Waals surface area contributed by atoms with Crippen molar-refractivity contribution >= 4 is 6.47 Å². The largest absolute Gasteiger partial charge is 0.483 e. The van der Waals surface area contributed by atoms with Crippen molar-refractivity contribution in [1.82, 2.24) is 0 Å². The van der Waals surface area contributed by atoms with E-state index in [2.05, 4.69) is 66.9 Å². The average molecular weight is 294 g/mol. The molecule has 1 aliphatic rings. The van der Waals surface area contributed by atoms with Crippen molar-refractivity contribution in [1.29, 1.82) is 0 Å². The molecule has 114 valence electrons. The predicted octanol–water partition coefficient (Wildman–Crippen LogP) is 4.30. The third-order valence-corrected chi connectivity index (χ3v) is 3.62. The standard InChI is InChI=1S/C16H16.C3H4.CH2O2/c1-2-6-13(7-3-1)16-11-10-14-8-4-5-9-15(14)12-16;1-3-2;2-1-3/h1-9,16H,10-12H2;1H,2H3;1H,(H,2,3). The summed E-state index contributed by atoms with van der Waals surface area (Å²) in [5.41, 5.74) is 4.59. The molecule has 0 heterocycles. The molecule has 0 radical (unpaired) electrons. The Labute approximate surface area is 132 Å². The Morgan fingerprint density at radius 2 is 1.59 bits per heavy atom. The minimum Gasteiger partial charge on any atom is -0.483 e. The van der Waals surface area contributed by atoms with E-state index in [0.29, 0.717) is 0 Å². The van der Waals surface area contributed by atoms with Crippen molar-refractivity contribution in [3.05, 3.63) is 71.3 Å². The second kappa shape index (κ2) is 10.2. The Kier molecular flexibility index (Phi) is 8.15. The van der Waals surface area contributed by atoms with Gasteiger partial charge in [0.2, 0.25) is 0 Å². The first-order valence-electron chi connectivity index (χ1n) is 7.33. The van der Waals surface area contributed by atoms with Gasteiger partial charge in [-0.25, -0.2) is 0 Å². The van der Waals surface area contributed by atoms with Crippen molar-refractivity contribution < 1.29 is 9.90 Å². The number of terminal acetylenes is 1. The maximum atomic E-state index is 8.36. The first-order valence-corrected chi connectivity index (χ1v) is 7.33. The molecule has 0 saturated carbocycles. The molecule has 2 nitrogen and oxygen atoms in total. The summed E-state index contributed by atoms with van der Waals surface area (Å²) >= 11 is 0. The zero-order chi connectivity index (χ0) is 16.2. The Balaban J connectivity index is 0.000000353. The number of aryl methyl sites for hydroxylation is 1. The quantitative estimate of drug-likeness (QED) is 0.629. The zero-order valence-electron chi connectivity index (χ0n) is 12.9. The lowest BCUT2D eigenvalue weighted by molar-refractivity contribution is -0.122. The molecule has 0 aromatic heterocycles. The highest BCUT2D eigenvalue weighted by Gasteiger charge is 2.18. The molecule has 22 heavy (non-hydrogen) atoms. The molecule has 1 N–H and O–H groups in total. The van der Waals surface area contributed by atoms with Crippen LogP contribution in [0.2, 0.25) is 0 Å². The minimum atomic E-state index is -0.250. The smallest absolute Gasteiger partial charge is 0.290 e. The van der Waals surface area contributed by atoms with E-state index < -0.39 is 0 Å². The van der Waals surface area contributed by atoms with E-state index in [9.17, 15) is 0 Å². The molecule has 0 aliphatic heterocycles. The molecule has 0 saturated heterocycles. The summed E-state index contributed by atoms with van der Waals surface area (Å²) < 4.78 is 0. The fourth-order valence-electron chi connectivity index (χ4n) is 2.71. The van der Waals surface area contributed by atoms with E-state index in [-0.39, 0.29) is 6.47 Å². The van der Waals surface area contributed by atoms with Crippen molar-refractivity contribution in [2.24, 2.45) is 0 Å². The van der Waals surface area contributed by atoms with Gasteiger partial charge in [-0.1, -0.05) is 54.6 Å². The zero-order valence-corrected chi connectivity index (χ0v) is 12.9. The van der Waals surface area contributed by atoms with Crippen LogP contribution in [0, 0.1) is 12.3 Å². The van der Waals surface area contributed by atoms with Gasteiger partial charge in [0.05, 0.1) is 0 Å². The van der Waals surface area contributed by atoms with E-state index in [4.69, 9.17) is 9.90 Å². The summed E-state index contributed by atoms with van der Waals surface area (Å²) in [7, 11) is 0. The Hall–Kier alpha value is -2.53. The van der Waals surface area contributed by atoms with Gasteiger partial charge in [0, 0.05) is 0 Å². The lowest BCUT2D eigenvalue weighted by Crippen LogP contribution is -2.12. The van der Waals surface area contributed by atoms with Crippen LogP contribution in [-0.4, -0.2) is 11.6 Å². The van der Waals surface area contributed by atoms with Crippen LogP contribution in [-0.2, 0) is 17.6 Å². The highest BCUT2D eigenvalue weighted by Crippen LogP contribution is 2.32. The first-order chi connectivity index (χ1) is 10.8. The number of carboxylic acid groups (broad SMARTS) is 1. The van der Waals surface area contributed by atoms with E-state index in [1.165, 1.54) is 24.8 Å². The summed E-state index contributed by atoms with van der Waals surface area (Å²) in [6.07, 6.45) is 8.33. The highest BCUT2D eigenvalue weighted by atomic mass is 16.3. The van der Waals surface area contributed by atoms with Gasteiger partial charge < -0.3 is 5.11 Å². The van der Waals surface area contributed by atoms with Crippen LogP contribution in [0.1, 0.15) is 36.0 Å². The lowest BCUT2D eigenvalue weighted by Gasteiger charge is -2.24. The predicted molar refractivity (Wildman–Crippen MR) is 90.8 cm³/mol. The van der Waals surface area contributed by atoms with Gasteiger partial charge in [0.15, 0.2) is 0 Å². The molecular weight excluding hydrogens is 272 g/mol. The highest BCUT2D eigenvalue weighted by molar-refractivity contribution is 5.33. The van der Waals surface area contributed by atoms with Gasteiger partial charge in [-0.15, -0.1) is 12.3 Å². The molecule has 2 aromatic rings.